The van der Waals surface area contributed by atoms with Crippen LogP contribution in [0.1, 0.15) is 37.4 Å². The summed E-state index contributed by atoms with van der Waals surface area (Å²) in [5.74, 6) is 2.06. The number of hydrogen-bond donors (Lipinski definition) is 1. The van der Waals surface area contributed by atoms with Crippen molar-refractivity contribution in [2.75, 3.05) is 11.9 Å². The van der Waals surface area contributed by atoms with Gasteiger partial charge in [0.1, 0.15) is 11.6 Å². The first kappa shape index (κ1) is 15.7. The zero-order chi connectivity index (χ0) is 17.4. The van der Waals surface area contributed by atoms with Crippen LogP contribution in [0.15, 0.2) is 34.9 Å². The number of nitrogens with one attached hydrogen (secondary N) is 1. The normalized spacial score (nSPS) is 17.4. The minimum Gasteiger partial charge on any atom is -0.360 e. The highest BCUT2D eigenvalue weighted by Crippen LogP contribution is 2.33. The molecule has 1 saturated heterocycles. The topological polar surface area (TPSA) is 76.2 Å². The van der Waals surface area contributed by atoms with E-state index >= 15 is 0 Å². The first-order valence-electron chi connectivity index (χ1n) is 8.63. The molecule has 0 saturated carbocycles. The number of para-hydroxylation sites is 2. The van der Waals surface area contributed by atoms with Crippen molar-refractivity contribution in [1.29, 1.82) is 0 Å². The second kappa shape index (κ2) is 6.23. The maximum Gasteiger partial charge on any atom is 0.323 e. The summed E-state index contributed by atoms with van der Waals surface area (Å²) < 4.78 is 7.22. The number of urea groups is 1. The minimum absolute atomic E-state index is 0.0275. The van der Waals surface area contributed by atoms with Crippen molar-refractivity contribution in [3.05, 3.63) is 41.9 Å². The monoisotopic (exact) mass is 339 g/mol. The van der Waals surface area contributed by atoms with E-state index in [1.54, 1.807) is 13.0 Å². The van der Waals surface area contributed by atoms with Gasteiger partial charge in [-0.25, -0.2) is 9.78 Å². The van der Waals surface area contributed by atoms with Crippen molar-refractivity contribution in [2.45, 2.75) is 39.3 Å². The second-order valence-corrected chi connectivity index (χ2v) is 6.31. The molecule has 1 aliphatic heterocycles. The number of aryl methyl sites for hydroxylation is 2. The second-order valence-electron chi connectivity index (χ2n) is 6.31. The number of carbonyl (C=O) groups is 1. The predicted octanol–water partition coefficient (Wildman–Crippen LogP) is 3.72. The van der Waals surface area contributed by atoms with Gasteiger partial charge in [0.05, 0.1) is 17.1 Å². The molecule has 0 bridgehead atoms. The molecule has 1 atom stereocenters. The van der Waals surface area contributed by atoms with Gasteiger partial charge in [-0.15, -0.1) is 0 Å². The van der Waals surface area contributed by atoms with Gasteiger partial charge in [0.15, 0.2) is 5.82 Å². The highest BCUT2D eigenvalue weighted by atomic mass is 16.5. The first-order valence-corrected chi connectivity index (χ1v) is 8.63. The third-order valence-electron chi connectivity index (χ3n) is 4.67. The van der Waals surface area contributed by atoms with E-state index < -0.39 is 0 Å². The molecule has 0 radical (unpaired) electrons. The summed E-state index contributed by atoms with van der Waals surface area (Å²) in [6.45, 7) is 5.44. The van der Waals surface area contributed by atoms with Crippen molar-refractivity contribution in [3.63, 3.8) is 0 Å². The molecule has 2 amide bonds. The van der Waals surface area contributed by atoms with Crippen molar-refractivity contribution in [3.8, 4) is 0 Å². The molecule has 3 heterocycles. The van der Waals surface area contributed by atoms with Crippen molar-refractivity contribution < 1.29 is 9.32 Å². The van der Waals surface area contributed by atoms with Gasteiger partial charge in [0, 0.05) is 19.2 Å². The number of benzene rings is 1. The number of likely N-dealkylation sites (tertiary alicyclic amines) is 1. The van der Waals surface area contributed by atoms with Crippen LogP contribution in [-0.2, 0) is 6.54 Å². The Morgan fingerprint density at radius 2 is 2.24 bits per heavy atom. The van der Waals surface area contributed by atoms with Gasteiger partial charge in [0.25, 0.3) is 0 Å². The Balaban J connectivity index is 1.64. The van der Waals surface area contributed by atoms with Crippen molar-refractivity contribution >= 4 is 22.9 Å². The maximum absolute atomic E-state index is 12.7. The standard InChI is InChI=1S/C18H21N5O2/c1-3-22-14-8-5-4-7-13(14)19-17(22)15-9-6-10-23(15)18(24)20-16-11-12(2)25-21-16/h4-5,7-8,11,15H,3,6,9-10H2,1-2H3,(H,20,21,24)/t15-/m0/s1. The average molecular weight is 339 g/mol. The number of carbonyl (C=O) groups excluding carboxylic acids is 1. The number of fused-ring (bicyclic) bond motifs is 1. The number of rotatable bonds is 3. The molecular weight excluding hydrogens is 318 g/mol. The molecule has 1 fully saturated rings. The van der Waals surface area contributed by atoms with E-state index in [-0.39, 0.29) is 12.1 Å². The predicted molar refractivity (Wildman–Crippen MR) is 94.3 cm³/mol. The van der Waals surface area contributed by atoms with E-state index in [0.29, 0.717) is 18.1 Å². The SMILES string of the molecule is CCn1c([C@@H]2CCCN2C(=O)Nc2cc(C)on2)nc2ccccc21. The lowest BCUT2D eigenvalue weighted by molar-refractivity contribution is 0.203. The van der Waals surface area contributed by atoms with E-state index in [2.05, 4.69) is 28.0 Å². The number of amides is 2. The van der Waals surface area contributed by atoms with Crippen LogP contribution in [0.25, 0.3) is 11.0 Å². The van der Waals surface area contributed by atoms with Crippen LogP contribution < -0.4 is 5.32 Å². The molecule has 0 spiro atoms. The fraction of sp³-hybridized carbons (Fsp3) is 0.389. The summed E-state index contributed by atoms with van der Waals surface area (Å²) in [6, 6.07) is 9.63. The molecule has 3 aromatic rings. The smallest absolute Gasteiger partial charge is 0.323 e. The summed E-state index contributed by atoms with van der Waals surface area (Å²) >= 11 is 0. The highest BCUT2D eigenvalue weighted by Gasteiger charge is 2.33. The Morgan fingerprint density at radius 1 is 1.40 bits per heavy atom. The number of aromatic nitrogens is 3. The van der Waals surface area contributed by atoms with Gasteiger partial charge >= 0.3 is 6.03 Å². The summed E-state index contributed by atoms with van der Waals surface area (Å²) in [5, 5.41) is 6.66. The molecule has 7 heteroatoms. The van der Waals surface area contributed by atoms with Crippen LogP contribution in [0.2, 0.25) is 0 Å². The molecule has 4 rings (SSSR count). The molecule has 1 N–H and O–H groups in total. The molecule has 7 nitrogen and oxygen atoms in total. The first-order chi connectivity index (χ1) is 12.2. The van der Waals surface area contributed by atoms with Gasteiger partial charge in [-0.1, -0.05) is 17.3 Å². The largest absolute Gasteiger partial charge is 0.360 e. The van der Waals surface area contributed by atoms with Gasteiger partial charge in [-0.3, -0.25) is 5.32 Å². The third-order valence-corrected chi connectivity index (χ3v) is 4.67. The van der Waals surface area contributed by atoms with Crippen LogP contribution >= 0.6 is 0 Å². The van der Waals surface area contributed by atoms with E-state index in [1.807, 2.05) is 23.1 Å². The molecule has 0 unspecified atom stereocenters. The van der Waals surface area contributed by atoms with E-state index in [0.717, 1.165) is 36.2 Å². The van der Waals surface area contributed by atoms with Gasteiger partial charge in [-0.05, 0) is 38.8 Å². The zero-order valence-corrected chi connectivity index (χ0v) is 14.4. The average Bonchev–Trinajstić information content (AvgIpc) is 3.31. The fourth-order valence-electron chi connectivity index (χ4n) is 3.57. The van der Waals surface area contributed by atoms with E-state index in [4.69, 9.17) is 9.51 Å². The molecule has 2 aromatic heterocycles. The van der Waals surface area contributed by atoms with Crippen molar-refractivity contribution in [2.24, 2.45) is 0 Å². The highest BCUT2D eigenvalue weighted by molar-refractivity contribution is 5.88. The molecule has 25 heavy (non-hydrogen) atoms. The zero-order valence-electron chi connectivity index (χ0n) is 14.4. The quantitative estimate of drug-likeness (QED) is 0.789. The number of hydrogen-bond acceptors (Lipinski definition) is 4. The number of anilines is 1. The molecule has 1 aromatic carbocycles. The summed E-state index contributed by atoms with van der Waals surface area (Å²) in [4.78, 5) is 19.4. The van der Waals surface area contributed by atoms with E-state index in [1.165, 1.54) is 0 Å². The van der Waals surface area contributed by atoms with E-state index in [9.17, 15) is 4.79 Å². The Hall–Kier alpha value is -2.83. The molecule has 0 aliphatic carbocycles. The van der Waals surface area contributed by atoms with Gasteiger partial charge in [-0.2, -0.15) is 0 Å². The van der Waals surface area contributed by atoms with Crippen LogP contribution in [0.5, 0.6) is 0 Å². The Bertz CT molecular complexity index is 913. The third kappa shape index (κ3) is 2.75. The van der Waals surface area contributed by atoms with Gasteiger partial charge < -0.3 is 14.0 Å². The van der Waals surface area contributed by atoms with Crippen LogP contribution in [0.4, 0.5) is 10.6 Å². The molecular formula is C18H21N5O2. The summed E-state index contributed by atoms with van der Waals surface area (Å²) in [7, 11) is 0. The fourth-order valence-corrected chi connectivity index (χ4v) is 3.57. The number of imidazole rings is 1. The summed E-state index contributed by atoms with van der Waals surface area (Å²) in [6.07, 6.45) is 1.87. The Kier molecular flexibility index (Phi) is 3.91. The van der Waals surface area contributed by atoms with Crippen LogP contribution in [0.3, 0.4) is 0 Å². The summed E-state index contributed by atoms with van der Waals surface area (Å²) in [5.41, 5.74) is 2.08. The van der Waals surface area contributed by atoms with Crippen LogP contribution in [-0.4, -0.2) is 32.2 Å². The molecule has 1 aliphatic rings. The van der Waals surface area contributed by atoms with Gasteiger partial charge in [0.2, 0.25) is 0 Å². The number of nitrogens with zero attached hydrogens (tertiary/aromatic N) is 4. The lowest BCUT2D eigenvalue weighted by Gasteiger charge is -2.24. The lowest BCUT2D eigenvalue weighted by atomic mass is 10.2. The lowest BCUT2D eigenvalue weighted by Crippen LogP contribution is -2.35. The molecule has 130 valence electrons. The van der Waals surface area contributed by atoms with Crippen LogP contribution in [0, 0.1) is 6.92 Å². The van der Waals surface area contributed by atoms with Crippen molar-refractivity contribution in [1.82, 2.24) is 19.6 Å². The minimum atomic E-state index is -0.162. The Labute approximate surface area is 145 Å². The Morgan fingerprint density at radius 3 is 3.00 bits per heavy atom. The maximum atomic E-state index is 12.7.